The number of ether oxygens (including phenoxy) is 4. The van der Waals surface area contributed by atoms with E-state index < -0.39 is 5.97 Å². The zero-order valence-electron chi connectivity index (χ0n) is 24.3. The number of rotatable bonds is 13. The topological polar surface area (TPSA) is 141 Å². The Morgan fingerprint density at radius 1 is 0.951 bits per heavy atom. The predicted octanol–water partition coefficient (Wildman–Crippen LogP) is 3.12. The van der Waals surface area contributed by atoms with Crippen molar-refractivity contribution in [1.82, 2.24) is 10.6 Å². The molecule has 0 bridgehead atoms. The first-order chi connectivity index (χ1) is 19.7. The summed E-state index contributed by atoms with van der Waals surface area (Å²) in [4.78, 5) is 48.4. The van der Waals surface area contributed by atoms with E-state index in [9.17, 15) is 19.2 Å². The molecular weight excluding hydrogens is 530 g/mol. The summed E-state index contributed by atoms with van der Waals surface area (Å²) in [6.45, 7) is 1.85. The van der Waals surface area contributed by atoms with Crippen LogP contribution in [0, 0.1) is 0 Å². The summed E-state index contributed by atoms with van der Waals surface area (Å²) in [6.07, 6.45) is 3.66. The quantitative estimate of drug-likeness (QED) is 0.245. The molecule has 0 radical (unpaired) electrons. The number of carbonyl (C=O) groups excluding carboxylic acids is 3. The number of fused-ring (bicyclic) bond motifs is 3. The molecule has 3 rings (SSSR count). The fourth-order valence-corrected chi connectivity index (χ4v) is 5.00. The molecule has 222 valence electrons. The van der Waals surface area contributed by atoms with Crippen molar-refractivity contribution in [3.05, 3.63) is 45.6 Å². The Hall–Kier alpha value is -4.28. The average molecular weight is 570 g/mol. The second-order valence-corrected chi connectivity index (χ2v) is 9.69. The van der Waals surface area contributed by atoms with Crippen molar-refractivity contribution in [3.63, 3.8) is 0 Å². The first kappa shape index (κ1) is 31.3. The van der Waals surface area contributed by atoms with Crippen LogP contribution in [0.15, 0.2) is 29.1 Å². The number of esters is 1. The molecule has 11 heteroatoms. The van der Waals surface area contributed by atoms with Gasteiger partial charge >= 0.3 is 5.97 Å². The van der Waals surface area contributed by atoms with Crippen LogP contribution >= 0.6 is 0 Å². The van der Waals surface area contributed by atoms with Gasteiger partial charge in [-0.2, -0.15) is 0 Å². The molecular formula is C30H39N3O8. The molecule has 0 heterocycles. The van der Waals surface area contributed by atoms with Crippen LogP contribution in [0.2, 0.25) is 0 Å². The molecule has 2 amide bonds. The van der Waals surface area contributed by atoms with E-state index in [2.05, 4.69) is 20.7 Å². The second kappa shape index (κ2) is 14.9. The van der Waals surface area contributed by atoms with Gasteiger partial charge in [-0.05, 0) is 60.6 Å². The Morgan fingerprint density at radius 3 is 2.37 bits per heavy atom. The van der Waals surface area contributed by atoms with Crippen LogP contribution in [0.3, 0.4) is 0 Å². The Labute approximate surface area is 239 Å². The maximum Gasteiger partial charge on any atom is 0.325 e. The normalized spacial score (nSPS) is 13.5. The number of amides is 2. The lowest BCUT2D eigenvalue weighted by Crippen LogP contribution is -2.29. The lowest BCUT2D eigenvalue weighted by atomic mass is 9.95. The minimum atomic E-state index is -0.492. The highest BCUT2D eigenvalue weighted by molar-refractivity contribution is 5.84. The summed E-state index contributed by atoms with van der Waals surface area (Å²) >= 11 is 0. The molecule has 0 saturated carbocycles. The molecule has 41 heavy (non-hydrogen) atoms. The zero-order valence-corrected chi connectivity index (χ0v) is 24.3. The highest BCUT2D eigenvalue weighted by Gasteiger charge is 2.29. The van der Waals surface area contributed by atoms with E-state index >= 15 is 0 Å². The molecule has 2 aromatic carbocycles. The number of methoxy groups -OCH3 is 4. The number of aryl methyl sites for hydroxylation is 1. The van der Waals surface area contributed by atoms with Gasteiger partial charge in [0.05, 0.1) is 40.2 Å². The molecule has 2 aromatic rings. The van der Waals surface area contributed by atoms with Crippen molar-refractivity contribution in [2.45, 2.75) is 51.5 Å². The lowest BCUT2D eigenvalue weighted by molar-refractivity contribution is -0.141. The minimum Gasteiger partial charge on any atom is -0.493 e. The number of anilines is 1. The van der Waals surface area contributed by atoms with Crippen LogP contribution in [-0.2, 0) is 25.5 Å². The van der Waals surface area contributed by atoms with Gasteiger partial charge in [0.15, 0.2) is 11.5 Å². The Bertz CT molecular complexity index is 1330. The maximum absolute atomic E-state index is 13.3. The van der Waals surface area contributed by atoms with Crippen molar-refractivity contribution in [2.75, 3.05) is 46.8 Å². The summed E-state index contributed by atoms with van der Waals surface area (Å²) in [7, 11) is 5.94. The summed E-state index contributed by atoms with van der Waals surface area (Å²) < 4.78 is 21.5. The van der Waals surface area contributed by atoms with Crippen molar-refractivity contribution in [2.24, 2.45) is 0 Å². The molecule has 0 aromatic heterocycles. The largest absolute Gasteiger partial charge is 0.493 e. The smallest absolute Gasteiger partial charge is 0.325 e. The Kier molecular flexibility index (Phi) is 11.4. The third kappa shape index (κ3) is 7.90. The van der Waals surface area contributed by atoms with Crippen molar-refractivity contribution >= 4 is 23.5 Å². The summed E-state index contributed by atoms with van der Waals surface area (Å²) in [5, 5.41) is 8.74. The van der Waals surface area contributed by atoms with Gasteiger partial charge in [0.25, 0.3) is 0 Å². The van der Waals surface area contributed by atoms with E-state index in [4.69, 9.17) is 14.2 Å². The second-order valence-electron chi connectivity index (χ2n) is 9.69. The van der Waals surface area contributed by atoms with Gasteiger partial charge in [-0.1, -0.05) is 12.5 Å². The van der Waals surface area contributed by atoms with E-state index in [0.29, 0.717) is 60.7 Å². The number of hydrogen-bond donors (Lipinski definition) is 3. The van der Waals surface area contributed by atoms with Crippen LogP contribution in [0.5, 0.6) is 17.2 Å². The number of hydrogen-bond acceptors (Lipinski definition) is 9. The minimum absolute atomic E-state index is 0.141. The molecule has 1 atom stereocenters. The van der Waals surface area contributed by atoms with E-state index in [1.54, 1.807) is 33.5 Å². The Morgan fingerprint density at radius 2 is 1.71 bits per heavy atom. The number of benzene rings is 1. The predicted molar refractivity (Wildman–Crippen MR) is 155 cm³/mol. The van der Waals surface area contributed by atoms with E-state index in [1.807, 2.05) is 12.1 Å². The number of carbonyl (C=O) groups is 3. The highest BCUT2D eigenvalue weighted by atomic mass is 16.5. The van der Waals surface area contributed by atoms with Gasteiger partial charge in [-0.3, -0.25) is 19.2 Å². The molecule has 0 aliphatic heterocycles. The van der Waals surface area contributed by atoms with Crippen LogP contribution in [0.25, 0.3) is 11.1 Å². The molecule has 0 saturated heterocycles. The zero-order chi connectivity index (χ0) is 29.9. The fourth-order valence-electron chi connectivity index (χ4n) is 5.00. The SMILES string of the molecule is COC(=O)CNC(=O)CCCCCNc1ccc2c(cc1=O)C(NC(C)=O)CCc1cc(OC)c(OC)c(OC)c1-2. The fraction of sp³-hybridized carbons (Fsp3) is 0.467. The van der Waals surface area contributed by atoms with Gasteiger partial charge < -0.3 is 34.9 Å². The molecule has 1 aliphatic rings. The van der Waals surface area contributed by atoms with E-state index in [1.165, 1.54) is 14.0 Å². The van der Waals surface area contributed by atoms with Gasteiger partial charge in [-0.25, -0.2) is 0 Å². The monoisotopic (exact) mass is 569 g/mol. The van der Waals surface area contributed by atoms with Crippen LogP contribution in [0.4, 0.5) is 5.69 Å². The third-order valence-electron chi connectivity index (χ3n) is 6.97. The van der Waals surface area contributed by atoms with E-state index in [-0.39, 0.29) is 29.8 Å². The molecule has 0 fully saturated rings. The van der Waals surface area contributed by atoms with Crippen molar-refractivity contribution < 1.29 is 33.3 Å². The van der Waals surface area contributed by atoms with Gasteiger partial charge in [0, 0.05) is 25.5 Å². The summed E-state index contributed by atoms with van der Waals surface area (Å²) in [5.74, 6) is 0.592. The van der Waals surface area contributed by atoms with Crippen molar-refractivity contribution in [3.8, 4) is 28.4 Å². The first-order valence-corrected chi connectivity index (χ1v) is 13.6. The highest BCUT2D eigenvalue weighted by Crippen LogP contribution is 2.50. The average Bonchev–Trinajstić information content (AvgIpc) is 3.20. The molecule has 0 spiro atoms. The molecule has 3 N–H and O–H groups in total. The lowest BCUT2D eigenvalue weighted by Gasteiger charge is -2.19. The number of unbranched alkanes of at least 4 members (excludes halogenated alkanes) is 2. The standard InChI is InChI=1S/C30H39N3O8/c1-18(34)33-22-12-10-19-15-25(38-2)29(40-4)30(41-5)28(19)20-11-13-23(24(35)16-21(20)22)31-14-8-6-7-9-26(36)32-17-27(37)39-3/h11,13,15-16,22H,6-10,12,14,17H2,1-5H3,(H,31,35)(H,32,36)(H,33,34). The first-order valence-electron chi connectivity index (χ1n) is 13.6. The van der Waals surface area contributed by atoms with E-state index in [0.717, 1.165) is 29.5 Å². The molecule has 1 unspecified atom stereocenters. The Balaban J connectivity index is 1.84. The molecule has 1 aliphatic carbocycles. The third-order valence-corrected chi connectivity index (χ3v) is 6.97. The van der Waals surface area contributed by atoms with Crippen LogP contribution in [-0.4, -0.2) is 59.3 Å². The van der Waals surface area contributed by atoms with Crippen LogP contribution in [0.1, 0.15) is 56.2 Å². The van der Waals surface area contributed by atoms with Crippen LogP contribution < -0.4 is 35.6 Å². The maximum atomic E-state index is 13.3. The van der Waals surface area contributed by atoms with Gasteiger partial charge in [0.1, 0.15) is 6.54 Å². The molecule has 11 nitrogen and oxygen atoms in total. The summed E-state index contributed by atoms with van der Waals surface area (Å²) in [5.41, 5.74) is 3.43. The van der Waals surface area contributed by atoms with Crippen molar-refractivity contribution in [1.29, 1.82) is 0 Å². The summed E-state index contributed by atoms with van der Waals surface area (Å²) in [6, 6.07) is 6.73. The van der Waals surface area contributed by atoms with Gasteiger partial charge in [-0.15, -0.1) is 0 Å². The number of nitrogens with one attached hydrogen (secondary N) is 3. The van der Waals surface area contributed by atoms with Gasteiger partial charge in [0.2, 0.25) is 23.0 Å².